The molecule has 0 fully saturated rings. The highest BCUT2D eigenvalue weighted by Crippen LogP contribution is 2.14. The minimum absolute atomic E-state index is 0.00630. The number of rotatable bonds is 5. The zero-order valence-corrected chi connectivity index (χ0v) is 12.7. The van der Waals surface area contributed by atoms with Crippen molar-refractivity contribution in [1.82, 2.24) is 4.90 Å². The topological polar surface area (TPSA) is 46.3 Å². The van der Waals surface area contributed by atoms with E-state index in [-0.39, 0.29) is 5.91 Å². The van der Waals surface area contributed by atoms with Crippen LogP contribution in [-0.2, 0) is 6.54 Å². The van der Waals surface area contributed by atoms with Gasteiger partial charge >= 0.3 is 0 Å². The van der Waals surface area contributed by atoms with E-state index in [1.165, 1.54) is 0 Å². The van der Waals surface area contributed by atoms with Crippen LogP contribution in [0.1, 0.15) is 15.9 Å². The van der Waals surface area contributed by atoms with Gasteiger partial charge in [0, 0.05) is 29.7 Å². The van der Waals surface area contributed by atoms with Gasteiger partial charge in [0.25, 0.3) is 5.91 Å². The number of nitrogens with two attached hydrogens (primary N) is 1. The van der Waals surface area contributed by atoms with Gasteiger partial charge in [0.2, 0.25) is 0 Å². The lowest BCUT2D eigenvalue weighted by Gasteiger charge is -2.22. The van der Waals surface area contributed by atoms with Gasteiger partial charge in [0.05, 0.1) is 0 Å². The van der Waals surface area contributed by atoms with E-state index in [0.29, 0.717) is 25.2 Å². The normalized spacial score (nSPS) is 10.3. The predicted octanol–water partition coefficient (Wildman–Crippen LogP) is 3.05. The molecule has 104 valence electrons. The smallest absolute Gasteiger partial charge is 0.254 e. The number of carbonyl (C=O) groups is 1. The van der Waals surface area contributed by atoms with Crippen LogP contribution in [0.2, 0.25) is 0 Å². The summed E-state index contributed by atoms with van der Waals surface area (Å²) in [6.07, 6.45) is 0. The second kappa shape index (κ2) is 7.22. The van der Waals surface area contributed by atoms with E-state index in [9.17, 15) is 4.79 Å². The summed E-state index contributed by atoms with van der Waals surface area (Å²) >= 11 is 3.37. The van der Waals surface area contributed by atoms with Crippen LogP contribution < -0.4 is 5.73 Å². The third kappa shape index (κ3) is 3.92. The predicted molar refractivity (Wildman–Crippen MR) is 84.4 cm³/mol. The van der Waals surface area contributed by atoms with E-state index in [1.807, 2.05) is 54.6 Å². The Balaban J connectivity index is 2.15. The molecular weight excluding hydrogens is 316 g/mol. The fourth-order valence-electron chi connectivity index (χ4n) is 1.99. The van der Waals surface area contributed by atoms with E-state index in [2.05, 4.69) is 15.9 Å². The van der Waals surface area contributed by atoms with Crippen LogP contribution in [-0.4, -0.2) is 23.9 Å². The Labute approximate surface area is 127 Å². The van der Waals surface area contributed by atoms with Gasteiger partial charge in [0.1, 0.15) is 0 Å². The van der Waals surface area contributed by atoms with Gasteiger partial charge in [0.15, 0.2) is 0 Å². The SMILES string of the molecule is NCCN(Cc1ccccc1)C(=O)c1ccc(Br)cc1. The minimum atomic E-state index is 0.00630. The van der Waals surface area contributed by atoms with Gasteiger partial charge in [-0.25, -0.2) is 0 Å². The molecule has 0 unspecified atom stereocenters. The number of amides is 1. The van der Waals surface area contributed by atoms with E-state index in [1.54, 1.807) is 4.90 Å². The van der Waals surface area contributed by atoms with E-state index < -0.39 is 0 Å². The molecule has 0 radical (unpaired) electrons. The van der Waals surface area contributed by atoms with Crippen molar-refractivity contribution >= 4 is 21.8 Å². The second-order valence-electron chi connectivity index (χ2n) is 4.51. The molecule has 0 aliphatic rings. The summed E-state index contributed by atoms with van der Waals surface area (Å²) in [5.41, 5.74) is 7.40. The second-order valence-corrected chi connectivity index (χ2v) is 5.42. The number of hydrogen-bond donors (Lipinski definition) is 1. The fourth-order valence-corrected chi connectivity index (χ4v) is 2.25. The summed E-state index contributed by atoms with van der Waals surface area (Å²) < 4.78 is 0.961. The molecule has 0 aliphatic carbocycles. The Morgan fingerprint density at radius 2 is 1.70 bits per heavy atom. The van der Waals surface area contributed by atoms with E-state index in [0.717, 1.165) is 10.0 Å². The quantitative estimate of drug-likeness (QED) is 0.914. The molecule has 2 N–H and O–H groups in total. The van der Waals surface area contributed by atoms with Crippen molar-refractivity contribution in [2.24, 2.45) is 5.73 Å². The highest BCUT2D eigenvalue weighted by molar-refractivity contribution is 9.10. The van der Waals surface area contributed by atoms with Gasteiger partial charge in [-0.1, -0.05) is 46.3 Å². The Morgan fingerprint density at radius 1 is 1.05 bits per heavy atom. The maximum absolute atomic E-state index is 12.5. The molecule has 1 amide bonds. The maximum atomic E-state index is 12.5. The molecule has 20 heavy (non-hydrogen) atoms. The largest absolute Gasteiger partial charge is 0.333 e. The number of hydrogen-bond acceptors (Lipinski definition) is 2. The molecule has 2 aromatic carbocycles. The summed E-state index contributed by atoms with van der Waals surface area (Å²) in [6.45, 7) is 1.58. The molecule has 4 heteroatoms. The first-order chi connectivity index (χ1) is 9.70. The van der Waals surface area contributed by atoms with Crippen LogP contribution in [0.25, 0.3) is 0 Å². The molecule has 0 saturated heterocycles. The van der Waals surface area contributed by atoms with Gasteiger partial charge in [-0.2, -0.15) is 0 Å². The molecule has 0 bridgehead atoms. The molecule has 0 spiro atoms. The Bertz CT molecular complexity index is 554. The zero-order chi connectivity index (χ0) is 14.4. The minimum Gasteiger partial charge on any atom is -0.333 e. The lowest BCUT2D eigenvalue weighted by atomic mass is 10.1. The van der Waals surface area contributed by atoms with Crippen molar-refractivity contribution in [2.75, 3.05) is 13.1 Å². The van der Waals surface area contributed by atoms with Gasteiger partial charge in [-0.3, -0.25) is 4.79 Å². The van der Waals surface area contributed by atoms with Crippen molar-refractivity contribution in [3.63, 3.8) is 0 Å². The average Bonchev–Trinajstić information content (AvgIpc) is 2.48. The molecule has 2 rings (SSSR count). The first kappa shape index (κ1) is 14.8. The third-order valence-electron chi connectivity index (χ3n) is 2.99. The molecule has 0 saturated carbocycles. The number of carbonyl (C=O) groups excluding carboxylic acids is 1. The molecule has 3 nitrogen and oxygen atoms in total. The highest BCUT2D eigenvalue weighted by atomic mass is 79.9. The van der Waals surface area contributed by atoms with Crippen molar-refractivity contribution in [2.45, 2.75) is 6.54 Å². The number of halogens is 1. The molecule has 0 aromatic heterocycles. The molecule has 0 aliphatic heterocycles. The van der Waals surface area contributed by atoms with Crippen molar-refractivity contribution in [1.29, 1.82) is 0 Å². The Hall–Kier alpha value is -1.65. The van der Waals surface area contributed by atoms with Gasteiger partial charge in [-0.05, 0) is 29.8 Å². The lowest BCUT2D eigenvalue weighted by Crippen LogP contribution is -2.34. The summed E-state index contributed by atoms with van der Waals surface area (Å²) in [5, 5.41) is 0. The van der Waals surface area contributed by atoms with Crippen LogP contribution in [0.3, 0.4) is 0 Å². The summed E-state index contributed by atoms with van der Waals surface area (Å²) in [6, 6.07) is 17.3. The summed E-state index contributed by atoms with van der Waals surface area (Å²) in [4.78, 5) is 14.3. The lowest BCUT2D eigenvalue weighted by molar-refractivity contribution is 0.0748. The first-order valence-corrected chi connectivity index (χ1v) is 7.29. The molecule has 0 heterocycles. The van der Waals surface area contributed by atoms with Crippen molar-refractivity contribution in [3.05, 3.63) is 70.2 Å². The highest BCUT2D eigenvalue weighted by Gasteiger charge is 2.15. The molecule has 2 aromatic rings. The average molecular weight is 333 g/mol. The Kier molecular flexibility index (Phi) is 5.32. The molecule has 0 atom stereocenters. The van der Waals surface area contributed by atoms with Crippen LogP contribution in [0, 0.1) is 0 Å². The van der Waals surface area contributed by atoms with Gasteiger partial charge in [-0.15, -0.1) is 0 Å². The summed E-state index contributed by atoms with van der Waals surface area (Å²) in [7, 11) is 0. The number of nitrogens with zero attached hydrogens (tertiary/aromatic N) is 1. The number of benzene rings is 2. The van der Waals surface area contributed by atoms with Crippen LogP contribution in [0.15, 0.2) is 59.1 Å². The van der Waals surface area contributed by atoms with Crippen molar-refractivity contribution in [3.8, 4) is 0 Å². The van der Waals surface area contributed by atoms with Crippen LogP contribution >= 0.6 is 15.9 Å². The molecular formula is C16H17BrN2O. The van der Waals surface area contributed by atoms with Crippen molar-refractivity contribution < 1.29 is 4.79 Å². The van der Waals surface area contributed by atoms with Crippen LogP contribution in [0.4, 0.5) is 0 Å². The first-order valence-electron chi connectivity index (χ1n) is 6.49. The van der Waals surface area contributed by atoms with Crippen LogP contribution in [0.5, 0.6) is 0 Å². The summed E-state index contributed by atoms with van der Waals surface area (Å²) in [5.74, 6) is 0.00630. The fraction of sp³-hybridized carbons (Fsp3) is 0.188. The monoisotopic (exact) mass is 332 g/mol. The zero-order valence-electron chi connectivity index (χ0n) is 11.1. The standard InChI is InChI=1S/C16H17BrN2O/c17-15-8-6-14(7-9-15)16(20)19(11-10-18)12-13-4-2-1-3-5-13/h1-9H,10-12,18H2. The van der Waals surface area contributed by atoms with E-state index in [4.69, 9.17) is 5.73 Å². The Morgan fingerprint density at radius 3 is 2.30 bits per heavy atom. The maximum Gasteiger partial charge on any atom is 0.254 e. The van der Waals surface area contributed by atoms with E-state index >= 15 is 0 Å². The van der Waals surface area contributed by atoms with Gasteiger partial charge < -0.3 is 10.6 Å². The third-order valence-corrected chi connectivity index (χ3v) is 3.52.